The van der Waals surface area contributed by atoms with Crippen LogP contribution in [0.4, 0.5) is 5.82 Å². The van der Waals surface area contributed by atoms with Crippen molar-refractivity contribution in [2.45, 2.75) is 19.4 Å². The molecule has 0 saturated carbocycles. The molecule has 0 saturated heterocycles. The Labute approximate surface area is 77.8 Å². The number of nitrogens with zero attached hydrogens (tertiary/aromatic N) is 3. The van der Waals surface area contributed by atoms with E-state index in [4.69, 9.17) is 5.73 Å². The maximum Gasteiger partial charge on any atom is 0.147 e. The van der Waals surface area contributed by atoms with Gasteiger partial charge < -0.3 is 10.6 Å². The van der Waals surface area contributed by atoms with E-state index in [1.54, 1.807) is 0 Å². The van der Waals surface area contributed by atoms with Crippen LogP contribution in [0, 0.1) is 0 Å². The zero-order chi connectivity index (χ0) is 9.42. The van der Waals surface area contributed by atoms with Crippen molar-refractivity contribution in [3.05, 3.63) is 17.6 Å². The zero-order valence-corrected chi connectivity index (χ0v) is 7.99. The number of likely N-dealkylation sites (N-methyl/N-ethyl adjacent to an activating group) is 1. The topological polar surface area (TPSA) is 55.0 Å². The van der Waals surface area contributed by atoms with E-state index < -0.39 is 0 Å². The third-order valence-corrected chi connectivity index (χ3v) is 2.35. The third kappa shape index (κ3) is 1.37. The van der Waals surface area contributed by atoms with Gasteiger partial charge in [-0.05, 0) is 13.3 Å². The molecular weight excluding hydrogens is 164 g/mol. The summed E-state index contributed by atoms with van der Waals surface area (Å²) in [5.41, 5.74) is 6.94. The largest absolute Gasteiger partial charge is 0.359 e. The van der Waals surface area contributed by atoms with Crippen LogP contribution in [0.5, 0.6) is 0 Å². The van der Waals surface area contributed by atoms with Crippen molar-refractivity contribution >= 4 is 5.82 Å². The van der Waals surface area contributed by atoms with E-state index in [0.717, 1.165) is 24.6 Å². The number of aromatic nitrogens is 2. The Hall–Kier alpha value is -1.16. The molecule has 2 rings (SSSR count). The molecule has 1 aliphatic rings. The molecule has 1 aromatic heterocycles. The lowest BCUT2D eigenvalue weighted by molar-refractivity contribution is 0.737. The monoisotopic (exact) mass is 178 g/mol. The second-order valence-electron chi connectivity index (χ2n) is 3.54. The normalized spacial score (nSPS) is 17.3. The lowest BCUT2D eigenvalue weighted by Gasteiger charge is -2.12. The first-order chi connectivity index (χ1) is 6.18. The summed E-state index contributed by atoms with van der Waals surface area (Å²) in [4.78, 5) is 10.8. The molecule has 0 bridgehead atoms. The Morgan fingerprint density at radius 2 is 2.38 bits per heavy atom. The van der Waals surface area contributed by atoms with Gasteiger partial charge in [0.05, 0.1) is 6.04 Å². The fourth-order valence-electron chi connectivity index (χ4n) is 1.53. The molecule has 2 N–H and O–H groups in total. The van der Waals surface area contributed by atoms with Crippen LogP contribution in [0.2, 0.25) is 0 Å². The van der Waals surface area contributed by atoms with Crippen molar-refractivity contribution < 1.29 is 0 Å². The summed E-state index contributed by atoms with van der Waals surface area (Å²) in [6.45, 7) is 2.93. The van der Waals surface area contributed by atoms with E-state index in [1.165, 1.54) is 5.56 Å². The van der Waals surface area contributed by atoms with Crippen LogP contribution < -0.4 is 10.6 Å². The van der Waals surface area contributed by atoms with Crippen molar-refractivity contribution in [2.75, 3.05) is 18.5 Å². The fourth-order valence-corrected chi connectivity index (χ4v) is 1.53. The summed E-state index contributed by atoms with van der Waals surface area (Å²) in [5.74, 6) is 1.77. The van der Waals surface area contributed by atoms with E-state index in [0.29, 0.717) is 0 Å². The molecule has 1 aromatic rings. The fraction of sp³-hybridized carbons (Fsp3) is 0.556. The Balaban J connectivity index is 2.42. The highest BCUT2D eigenvalue weighted by Gasteiger charge is 2.18. The second kappa shape index (κ2) is 2.96. The molecule has 1 atom stereocenters. The lowest BCUT2D eigenvalue weighted by Crippen LogP contribution is -2.16. The Morgan fingerprint density at radius 3 is 3.08 bits per heavy atom. The minimum atomic E-state index is -0.0840. The predicted molar refractivity (Wildman–Crippen MR) is 51.6 cm³/mol. The van der Waals surface area contributed by atoms with Gasteiger partial charge in [0.2, 0.25) is 0 Å². The summed E-state index contributed by atoms with van der Waals surface area (Å²) >= 11 is 0. The van der Waals surface area contributed by atoms with Crippen LogP contribution in [0.1, 0.15) is 24.4 Å². The van der Waals surface area contributed by atoms with Crippen molar-refractivity contribution in [1.82, 2.24) is 9.97 Å². The quantitative estimate of drug-likeness (QED) is 0.680. The molecular formula is C9H14N4. The van der Waals surface area contributed by atoms with E-state index in [-0.39, 0.29) is 6.04 Å². The van der Waals surface area contributed by atoms with E-state index in [1.807, 2.05) is 20.2 Å². The van der Waals surface area contributed by atoms with Gasteiger partial charge in [0.25, 0.3) is 0 Å². The summed E-state index contributed by atoms with van der Waals surface area (Å²) < 4.78 is 0. The highest BCUT2D eigenvalue weighted by molar-refractivity contribution is 5.50. The van der Waals surface area contributed by atoms with Crippen LogP contribution in [0.15, 0.2) is 6.20 Å². The number of hydrogen-bond donors (Lipinski definition) is 1. The first-order valence-corrected chi connectivity index (χ1v) is 4.51. The number of nitrogens with two attached hydrogens (primary N) is 1. The standard InChI is InChI=1S/C9H14N4/c1-6(10)8-11-5-7-3-4-13(2)9(7)12-8/h5-6H,3-4,10H2,1-2H3. The van der Waals surface area contributed by atoms with Crippen LogP contribution in [0.3, 0.4) is 0 Å². The molecule has 1 aliphatic heterocycles. The highest BCUT2D eigenvalue weighted by Crippen LogP contribution is 2.23. The third-order valence-electron chi connectivity index (χ3n) is 2.35. The Morgan fingerprint density at radius 1 is 1.62 bits per heavy atom. The predicted octanol–water partition coefficient (Wildman–Crippen LogP) is 0.489. The number of rotatable bonds is 1. The molecule has 0 aliphatic carbocycles. The van der Waals surface area contributed by atoms with Gasteiger partial charge in [0.1, 0.15) is 11.6 Å². The Bertz CT molecular complexity index is 321. The van der Waals surface area contributed by atoms with Gasteiger partial charge in [-0.1, -0.05) is 0 Å². The highest BCUT2D eigenvalue weighted by atomic mass is 15.2. The molecule has 70 valence electrons. The zero-order valence-electron chi connectivity index (χ0n) is 7.99. The van der Waals surface area contributed by atoms with Gasteiger partial charge in [0.15, 0.2) is 0 Å². The lowest BCUT2D eigenvalue weighted by atomic mass is 10.2. The molecule has 0 amide bonds. The molecule has 0 radical (unpaired) electrons. The minimum absolute atomic E-state index is 0.0840. The average Bonchev–Trinajstić information content (AvgIpc) is 2.47. The molecule has 4 heteroatoms. The minimum Gasteiger partial charge on any atom is -0.359 e. The van der Waals surface area contributed by atoms with E-state index in [2.05, 4.69) is 14.9 Å². The molecule has 0 spiro atoms. The molecule has 2 heterocycles. The van der Waals surface area contributed by atoms with Gasteiger partial charge in [-0.15, -0.1) is 0 Å². The summed E-state index contributed by atoms with van der Waals surface area (Å²) in [5, 5.41) is 0. The molecule has 4 nitrogen and oxygen atoms in total. The first kappa shape index (κ1) is 8.44. The van der Waals surface area contributed by atoms with Crippen molar-refractivity contribution in [3.63, 3.8) is 0 Å². The van der Waals surface area contributed by atoms with Crippen LogP contribution >= 0.6 is 0 Å². The SMILES string of the molecule is CC(N)c1ncc2c(n1)N(C)CC2. The van der Waals surface area contributed by atoms with Gasteiger partial charge in [-0.2, -0.15) is 0 Å². The van der Waals surface area contributed by atoms with Crippen LogP contribution in [-0.2, 0) is 6.42 Å². The maximum absolute atomic E-state index is 5.71. The summed E-state index contributed by atoms with van der Waals surface area (Å²) in [6, 6.07) is -0.0840. The van der Waals surface area contributed by atoms with E-state index >= 15 is 0 Å². The Kier molecular flexibility index (Phi) is 1.92. The molecule has 0 fully saturated rings. The smallest absolute Gasteiger partial charge is 0.147 e. The van der Waals surface area contributed by atoms with Crippen LogP contribution in [-0.4, -0.2) is 23.6 Å². The molecule has 1 unspecified atom stereocenters. The van der Waals surface area contributed by atoms with Crippen molar-refractivity contribution in [3.8, 4) is 0 Å². The number of fused-ring (bicyclic) bond motifs is 1. The summed E-state index contributed by atoms with van der Waals surface area (Å²) in [7, 11) is 2.05. The number of hydrogen-bond acceptors (Lipinski definition) is 4. The van der Waals surface area contributed by atoms with Gasteiger partial charge in [0, 0.05) is 25.4 Å². The van der Waals surface area contributed by atoms with Crippen molar-refractivity contribution in [1.29, 1.82) is 0 Å². The first-order valence-electron chi connectivity index (χ1n) is 4.51. The van der Waals surface area contributed by atoms with Gasteiger partial charge >= 0.3 is 0 Å². The number of anilines is 1. The summed E-state index contributed by atoms with van der Waals surface area (Å²) in [6.07, 6.45) is 2.94. The molecule has 13 heavy (non-hydrogen) atoms. The maximum atomic E-state index is 5.71. The van der Waals surface area contributed by atoms with Crippen LogP contribution in [0.25, 0.3) is 0 Å². The molecule has 0 aromatic carbocycles. The van der Waals surface area contributed by atoms with Gasteiger partial charge in [-0.3, -0.25) is 0 Å². The van der Waals surface area contributed by atoms with Gasteiger partial charge in [-0.25, -0.2) is 9.97 Å². The van der Waals surface area contributed by atoms with Crippen molar-refractivity contribution in [2.24, 2.45) is 5.73 Å². The average molecular weight is 178 g/mol. The second-order valence-corrected chi connectivity index (χ2v) is 3.54. The van der Waals surface area contributed by atoms with E-state index in [9.17, 15) is 0 Å².